The largest absolute Gasteiger partial charge is 0.326 e. The number of halogens is 3. The minimum Gasteiger partial charge on any atom is -0.326 e. The van der Waals surface area contributed by atoms with Crippen LogP contribution >= 0.6 is 34.8 Å². The van der Waals surface area contributed by atoms with E-state index in [1.807, 2.05) is 6.07 Å². The van der Waals surface area contributed by atoms with Gasteiger partial charge in [0.25, 0.3) is 0 Å². The van der Waals surface area contributed by atoms with Crippen LogP contribution in [0.2, 0.25) is 15.1 Å². The topological polar surface area (TPSA) is 29.1 Å². The molecule has 0 radical (unpaired) electrons. The van der Waals surface area contributed by atoms with Gasteiger partial charge in [-0.05, 0) is 42.3 Å². The molecule has 20 heavy (non-hydrogen) atoms. The Bertz CT molecular complexity index is 628. The van der Waals surface area contributed by atoms with E-state index in [0.717, 1.165) is 5.56 Å². The number of carbonyl (C=O) groups is 1. The maximum Gasteiger partial charge on any atom is 0.224 e. The summed E-state index contributed by atoms with van der Waals surface area (Å²) in [6.07, 6.45) is 0.966. The fourth-order valence-electron chi connectivity index (χ4n) is 1.74. The third kappa shape index (κ3) is 4.41. The van der Waals surface area contributed by atoms with Crippen molar-refractivity contribution in [3.63, 3.8) is 0 Å². The third-order valence-electron chi connectivity index (χ3n) is 2.73. The fourth-order valence-corrected chi connectivity index (χ4v) is 2.25. The highest BCUT2D eigenvalue weighted by Crippen LogP contribution is 2.23. The number of nitrogens with one attached hydrogen (secondary N) is 1. The van der Waals surface area contributed by atoms with Crippen LogP contribution in [0.3, 0.4) is 0 Å². The molecule has 0 aliphatic heterocycles. The first-order valence-electron chi connectivity index (χ1n) is 6.04. The standard InChI is InChI=1S/C15H12Cl3NO/c16-11-2-1-3-12(9-11)19-15(20)7-5-10-4-6-13(17)14(18)8-10/h1-4,6,8-9H,5,7H2,(H,19,20). The first-order chi connectivity index (χ1) is 9.54. The Morgan fingerprint density at radius 1 is 1.00 bits per heavy atom. The number of amides is 1. The average molecular weight is 329 g/mol. The molecule has 0 spiro atoms. The molecular weight excluding hydrogens is 317 g/mol. The average Bonchev–Trinajstić information content (AvgIpc) is 2.40. The smallest absolute Gasteiger partial charge is 0.224 e. The number of hydrogen-bond donors (Lipinski definition) is 1. The minimum atomic E-state index is -0.0710. The van der Waals surface area contributed by atoms with Crippen molar-refractivity contribution in [2.75, 3.05) is 5.32 Å². The summed E-state index contributed by atoms with van der Waals surface area (Å²) in [6.45, 7) is 0. The lowest BCUT2D eigenvalue weighted by Gasteiger charge is -2.06. The van der Waals surface area contributed by atoms with Gasteiger partial charge in [0.05, 0.1) is 10.0 Å². The first kappa shape index (κ1) is 15.2. The predicted octanol–water partition coefficient (Wildman–Crippen LogP) is 5.22. The molecule has 0 aliphatic rings. The summed E-state index contributed by atoms with van der Waals surface area (Å²) in [6, 6.07) is 12.4. The van der Waals surface area contributed by atoms with Crippen LogP contribution in [0, 0.1) is 0 Å². The second-order valence-electron chi connectivity index (χ2n) is 4.31. The van der Waals surface area contributed by atoms with Crippen molar-refractivity contribution in [1.29, 1.82) is 0 Å². The van der Waals surface area contributed by atoms with Gasteiger partial charge in [-0.2, -0.15) is 0 Å². The van der Waals surface area contributed by atoms with Crippen LogP contribution in [-0.4, -0.2) is 5.91 Å². The van der Waals surface area contributed by atoms with Crippen molar-refractivity contribution in [2.24, 2.45) is 0 Å². The SMILES string of the molecule is O=C(CCc1ccc(Cl)c(Cl)c1)Nc1cccc(Cl)c1. The minimum absolute atomic E-state index is 0.0710. The molecule has 0 saturated carbocycles. The van der Waals surface area contributed by atoms with Crippen LogP contribution < -0.4 is 5.32 Å². The summed E-state index contributed by atoms with van der Waals surface area (Å²) in [5, 5.41) is 4.40. The molecule has 1 amide bonds. The lowest BCUT2D eigenvalue weighted by Crippen LogP contribution is -2.12. The van der Waals surface area contributed by atoms with E-state index in [1.165, 1.54) is 0 Å². The molecule has 0 saturated heterocycles. The summed E-state index contributed by atoms with van der Waals surface area (Å²) in [4.78, 5) is 11.8. The number of carbonyl (C=O) groups excluding carboxylic acids is 1. The fraction of sp³-hybridized carbons (Fsp3) is 0.133. The van der Waals surface area contributed by atoms with E-state index in [4.69, 9.17) is 34.8 Å². The molecule has 0 bridgehead atoms. The molecule has 0 aromatic heterocycles. The maximum absolute atomic E-state index is 11.8. The van der Waals surface area contributed by atoms with Crippen LogP contribution in [0.5, 0.6) is 0 Å². The van der Waals surface area contributed by atoms with Crippen LogP contribution in [0.25, 0.3) is 0 Å². The van der Waals surface area contributed by atoms with Gasteiger partial charge in [-0.25, -0.2) is 0 Å². The van der Waals surface area contributed by atoms with Gasteiger partial charge in [0.15, 0.2) is 0 Å². The first-order valence-corrected chi connectivity index (χ1v) is 7.17. The van der Waals surface area contributed by atoms with Crippen molar-refractivity contribution >= 4 is 46.4 Å². The van der Waals surface area contributed by atoms with Crippen molar-refractivity contribution in [2.45, 2.75) is 12.8 Å². The number of benzene rings is 2. The zero-order chi connectivity index (χ0) is 14.5. The Kier molecular flexibility index (Phi) is 5.30. The molecule has 0 unspecified atom stereocenters. The van der Waals surface area contributed by atoms with Crippen LogP contribution in [0.1, 0.15) is 12.0 Å². The van der Waals surface area contributed by atoms with Gasteiger partial charge in [-0.1, -0.05) is 46.9 Å². The summed E-state index contributed by atoms with van der Waals surface area (Å²) in [5.41, 5.74) is 1.66. The monoisotopic (exact) mass is 327 g/mol. The molecule has 2 nitrogen and oxygen atoms in total. The Balaban J connectivity index is 1.90. The zero-order valence-corrected chi connectivity index (χ0v) is 12.8. The molecule has 0 heterocycles. The van der Waals surface area contributed by atoms with Gasteiger partial charge < -0.3 is 5.32 Å². The van der Waals surface area contributed by atoms with E-state index in [-0.39, 0.29) is 5.91 Å². The molecule has 0 fully saturated rings. The summed E-state index contributed by atoms with van der Waals surface area (Å²) in [7, 11) is 0. The van der Waals surface area contributed by atoms with Crippen molar-refractivity contribution in [3.8, 4) is 0 Å². The van der Waals surface area contributed by atoms with Gasteiger partial charge >= 0.3 is 0 Å². The summed E-state index contributed by atoms with van der Waals surface area (Å²) < 4.78 is 0. The maximum atomic E-state index is 11.8. The number of anilines is 1. The van der Waals surface area contributed by atoms with Crippen molar-refractivity contribution in [3.05, 3.63) is 63.1 Å². The lowest BCUT2D eigenvalue weighted by atomic mass is 10.1. The lowest BCUT2D eigenvalue weighted by molar-refractivity contribution is -0.116. The molecular formula is C15H12Cl3NO. The van der Waals surface area contributed by atoms with Gasteiger partial charge in [-0.15, -0.1) is 0 Å². The normalized spacial score (nSPS) is 10.3. The summed E-state index contributed by atoms with van der Waals surface area (Å²) >= 11 is 17.6. The van der Waals surface area contributed by atoms with Crippen LogP contribution in [0.4, 0.5) is 5.69 Å². The van der Waals surface area contributed by atoms with E-state index in [9.17, 15) is 4.79 Å². The Labute approximate surface area is 132 Å². The van der Waals surface area contributed by atoms with E-state index in [0.29, 0.717) is 33.6 Å². The highest BCUT2D eigenvalue weighted by molar-refractivity contribution is 6.42. The van der Waals surface area contributed by atoms with Gasteiger partial charge in [-0.3, -0.25) is 4.79 Å². The highest BCUT2D eigenvalue weighted by atomic mass is 35.5. The summed E-state index contributed by atoms with van der Waals surface area (Å²) in [5.74, 6) is -0.0710. The molecule has 1 N–H and O–H groups in total. The Morgan fingerprint density at radius 2 is 1.80 bits per heavy atom. The molecule has 104 valence electrons. The van der Waals surface area contributed by atoms with Gasteiger partial charge in [0.1, 0.15) is 0 Å². The number of aryl methyl sites for hydroxylation is 1. The van der Waals surface area contributed by atoms with E-state index >= 15 is 0 Å². The zero-order valence-electron chi connectivity index (χ0n) is 10.5. The molecule has 0 atom stereocenters. The molecule has 5 heteroatoms. The molecule has 2 aromatic rings. The molecule has 0 aliphatic carbocycles. The molecule has 2 rings (SSSR count). The Hall–Kier alpha value is -1.22. The Morgan fingerprint density at radius 3 is 2.50 bits per heavy atom. The number of rotatable bonds is 4. The van der Waals surface area contributed by atoms with Crippen LogP contribution in [0.15, 0.2) is 42.5 Å². The predicted molar refractivity (Wildman–Crippen MR) is 84.9 cm³/mol. The van der Waals surface area contributed by atoms with E-state index in [1.54, 1.807) is 36.4 Å². The van der Waals surface area contributed by atoms with Crippen LogP contribution in [-0.2, 0) is 11.2 Å². The number of hydrogen-bond acceptors (Lipinski definition) is 1. The van der Waals surface area contributed by atoms with Gasteiger partial charge in [0.2, 0.25) is 5.91 Å². The molecule has 2 aromatic carbocycles. The third-order valence-corrected chi connectivity index (χ3v) is 3.71. The van der Waals surface area contributed by atoms with Crippen molar-refractivity contribution < 1.29 is 4.79 Å². The van der Waals surface area contributed by atoms with Crippen molar-refractivity contribution in [1.82, 2.24) is 0 Å². The van der Waals surface area contributed by atoms with E-state index < -0.39 is 0 Å². The van der Waals surface area contributed by atoms with E-state index in [2.05, 4.69) is 5.32 Å². The second kappa shape index (κ2) is 6.98. The second-order valence-corrected chi connectivity index (χ2v) is 5.56. The highest BCUT2D eigenvalue weighted by Gasteiger charge is 2.05. The van der Waals surface area contributed by atoms with Gasteiger partial charge in [0, 0.05) is 17.1 Å². The quantitative estimate of drug-likeness (QED) is 0.819.